The number of hydrogen-bond acceptors (Lipinski definition) is 4. The van der Waals surface area contributed by atoms with Crippen LogP contribution in [-0.2, 0) is 9.53 Å². The Morgan fingerprint density at radius 2 is 1.88 bits per heavy atom. The first-order valence-corrected chi connectivity index (χ1v) is 4.24. The molecule has 0 spiro atoms. The van der Waals surface area contributed by atoms with Crippen LogP contribution < -0.4 is 0 Å². The van der Waals surface area contributed by atoms with Gasteiger partial charge in [0.1, 0.15) is 5.75 Å². The van der Waals surface area contributed by atoms with Gasteiger partial charge in [-0.05, 0) is 24.3 Å². The van der Waals surface area contributed by atoms with Gasteiger partial charge in [0, 0.05) is 5.56 Å². The Labute approximate surface area is 90.7 Å². The van der Waals surface area contributed by atoms with Crippen LogP contribution in [0.5, 0.6) is 5.75 Å². The number of carbonyl (C=O) groups is 2. The number of benzene rings is 1. The number of Topliss-reactive ketones (excluding diaryl/α,β-unsaturated/α-hetero) is 1. The Hall–Kier alpha value is -2.46. The second-order valence-electron chi connectivity index (χ2n) is 2.82. The lowest BCUT2D eigenvalue weighted by Crippen LogP contribution is -2.26. The molecule has 1 aromatic carbocycles. The molecule has 6 nitrogen and oxygen atoms in total. The van der Waals surface area contributed by atoms with Crippen molar-refractivity contribution >= 4 is 17.5 Å². The van der Waals surface area contributed by atoms with Crippen LogP contribution in [-0.4, -0.2) is 34.5 Å². The normalized spacial score (nSPS) is 9.06. The lowest BCUT2D eigenvalue weighted by atomic mass is 10.1. The van der Waals surface area contributed by atoms with E-state index in [0.717, 1.165) is 7.11 Å². The number of phenolic OH excluding ortho intramolecular Hbond substituents is 1. The summed E-state index contributed by atoms with van der Waals surface area (Å²) >= 11 is 0. The van der Waals surface area contributed by atoms with E-state index in [1.807, 2.05) is 0 Å². The van der Waals surface area contributed by atoms with Gasteiger partial charge in [0.15, 0.2) is 0 Å². The van der Waals surface area contributed by atoms with Gasteiger partial charge in [-0.15, -0.1) is 0 Å². The van der Waals surface area contributed by atoms with Crippen LogP contribution in [0.2, 0.25) is 0 Å². The molecule has 0 saturated heterocycles. The summed E-state index contributed by atoms with van der Waals surface area (Å²) in [5, 5.41) is 9.01. The van der Waals surface area contributed by atoms with Crippen LogP contribution in [0, 0.1) is 0 Å². The fraction of sp³-hybridized carbons (Fsp3) is 0.100. The Balaban J connectivity index is 3.06. The van der Waals surface area contributed by atoms with Gasteiger partial charge >= 0.3 is 11.7 Å². The summed E-state index contributed by atoms with van der Waals surface area (Å²) in [6, 6.07) is 5.15. The molecule has 0 unspecified atom stereocenters. The maximum absolute atomic E-state index is 11.6. The minimum atomic E-state index is -1.03. The fourth-order valence-corrected chi connectivity index (χ4v) is 1.03. The molecule has 0 aliphatic rings. The average Bonchev–Trinajstić information content (AvgIpc) is 2.30. The lowest BCUT2D eigenvalue weighted by molar-refractivity contribution is -0.137. The van der Waals surface area contributed by atoms with Crippen LogP contribution in [0.1, 0.15) is 10.4 Å². The lowest BCUT2D eigenvalue weighted by Gasteiger charge is -1.96. The van der Waals surface area contributed by atoms with E-state index in [9.17, 15) is 9.59 Å². The van der Waals surface area contributed by atoms with Crippen LogP contribution in [0.15, 0.2) is 24.3 Å². The molecule has 0 saturated carbocycles. The maximum atomic E-state index is 11.6. The molecule has 6 heteroatoms. The quantitative estimate of drug-likeness (QED) is 0.199. The van der Waals surface area contributed by atoms with E-state index in [1.54, 1.807) is 0 Å². The van der Waals surface area contributed by atoms with Crippen molar-refractivity contribution in [3.8, 4) is 5.75 Å². The molecule has 16 heavy (non-hydrogen) atoms. The highest BCUT2D eigenvalue weighted by Crippen LogP contribution is 2.10. The van der Waals surface area contributed by atoms with Gasteiger partial charge in [-0.1, -0.05) is 0 Å². The largest absolute Gasteiger partial charge is 0.508 e. The van der Waals surface area contributed by atoms with Gasteiger partial charge in [0.2, 0.25) is 0 Å². The third-order valence-electron chi connectivity index (χ3n) is 1.82. The first kappa shape index (κ1) is 11.6. The van der Waals surface area contributed by atoms with Crippen molar-refractivity contribution in [3.05, 3.63) is 35.4 Å². The molecule has 0 aliphatic carbocycles. The van der Waals surface area contributed by atoms with Crippen molar-refractivity contribution in [2.24, 2.45) is 0 Å². The van der Waals surface area contributed by atoms with Crippen molar-refractivity contribution in [1.29, 1.82) is 0 Å². The zero-order valence-electron chi connectivity index (χ0n) is 8.38. The van der Waals surface area contributed by atoms with Crippen LogP contribution in [0.4, 0.5) is 0 Å². The number of aromatic hydroxyl groups is 1. The second kappa shape index (κ2) is 4.86. The molecule has 0 aromatic heterocycles. The number of esters is 1. The van der Waals surface area contributed by atoms with E-state index in [-0.39, 0.29) is 11.3 Å². The van der Waals surface area contributed by atoms with Gasteiger partial charge in [0.25, 0.3) is 5.78 Å². The molecule has 82 valence electrons. The molecular formula is C10H8N2O4. The van der Waals surface area contributed by atoms with Gasteiger partial charge in [-0.25, -0.2) is 4.79 Å². The monoisotopic (exact) mass is 220 g/mol. The number of phenols is 1. The summed E-state index contributed by atoms with van der Waals surface area (Å²) in [6.45, 7) is 0. The number of ether oxygens (including phenoxy) is 1. The summed E-state index contributed by atoms with van der Waals surface area (Å²) in [6.07, 6.45) is 0. The number of rotatable bonds is 3. The Morgan fingerprint density at radius 3 is 2.31 bits per heavy atom. The maximum Gasteiger partial charge on any atom is 0.446 e. The molecule has 0 aliphatic heterocycles. The van der Waals surface area contributed by atoms with E-state index in [1.165, 1.54) is 24.3 Å². The van der Waals surface area contributed by atoms with Gasteiger partial charge < -0.3 is 15.4 Å². The number of ketones is 1. The van der Waals surface area contributed by atoms with E-state index < -0.39 is 17.5 Å². The van der Waals surface area contributed by atoms with Gasteiger partial charge in [-0.3, -0.25) is 4.79 Å². The summed E-state index contributed by atoms with van der Waals surface area (Å²) in [7, 11) is 1.07. The zero-order valence-corrected chi connectivity index (χ0v) is 8.38. The summed E-state index contributed by atoms with van der Waals surface area (Å²) in [5.74, 6) is -1.83. The SMILES string of the molecule is COC(=O)C(=[N+]=[N-])C(=O)c1ccc(O)cc1. The predicted octanol–water partition coefficient (Wildman–Crippen LogP) is 0.419. The smallest absolute Gasteiger partial charge is 0.446 e. The number of hydrogen-bond donors (Lipinski definition) is 1. The van der Waals surface area contributed by atoms with Crippen LogP contribution >= 0.6 is 0 Å². The van der Waals surface area contributed by atoms with Crippen molar-refractivity contribution in [3.63, 3.8) is 0 Å². The van der Waals surface area contributed by atoms with Crippen molar-refractivity contribution in [2.45, 2.75) is 0 Å². The van der Waals surface area contributed by atoms with Crippen molar-refractivity contribution in [1.82, 2.24) is 0 Å². The molecule has 0 bridgehead atoms. The Morgan fingerprint density at radius 1 is 1.31 bits per heavy atom. The zero-order chi connectivity index (χ0) is 12.1. The van der Waals surface area contributed by atoms with E-state index >= 15 is 0 Å². The minimum absolute atomic E-state index is 0.0166. The van der Waals surface area contributed by atoms with Gasteiger partial charge in [0.05, 0.1) is 7.11 Å². The number of nitrogens with zero attached hydrogens (tertiary/aromatic N) is 2. The van der Waals surface area contributed by atoms with Crippen molar-refractivity contribution < 1.29 is 24.2 Å². The molecular weight excluding hydrogens is 212 g/mol. The molecule has 1 rings (SSSR count). The standard InChI is InChI=1S/C10H8N2O4/c1-16-10(15)8(12-11)9(14)6-2-4-7(13)5-3-6/h2-5,13H,1H3. The molecule has 1 N–H and O–H groups in total. The summed E-state index contributed by atoms with van der Waals surface area (Å²) in [4.78, 5) is 25.2. The topological polar surface area (TPSA) is 100 Å². The van der Waals surface area contributed by atoms with E-state index in [2.05, 4.69) is 9.53 Å². The highest BCUT2D eigenvalue weighted by atomic mass is 16.5. The van der Waals surface area contributed by atoms with E-state index in [4.69, 9.17) is 10.6 Å². The van der Waals surface area contributed by atoms with Gasteiger partial charge in [-0.2, -0.15) is 4.79 Å². The number of methoxy groups -OCH3 is 1. The summed E-state index contributed by atoms with van der Waals surface area (Å²) in [5.41, 5.74) is 7.92. The molecule has 0 radical (unpaired) electrons. The molecule has 0 fully saturated rings. The van der Waals surface area contributed by atoms with Crippen LogP contribution in [0.3, 0.4) is 0 Å². The first-order chi connectivity index (χ1) is 7.60. The third kappa shape index (κ3) is 2.31. The molecule has 0 amide bonds. The number of carbonyl (C=O) groups excluding carboxylic acids is 2. The minimum Gasteiger partial charge on any atom is -0.508 e. The van der Waals surface area contributed by atoms with Crippen LogP contribution in [0.25, 0.3) is 5.53 Å². The van der Waals surface area contributed by atoms with E-state index in [0.29, 0.717) is 0 Å². The Bertz CT molecular complexity index is 472. The third-order valence-corrected chi connectivity index (χ3v) is 1.82. The fourth-order valence-electron chi connectivity index (χ4n) is 1.03. The summed E-state index contributed by atoms with van der Waals surface area (Å²) < 4.78 is 4.27. The predicted molar refractivity (Wildman–Crippen MR) is 53.1 cm³/mol. The first-order valence-electron chi connectivity index (χ1n) is 4.24. The highest BCUT2D eigenvalue weighted by Gasteiger charge is 2.31. The highest BCUT2D eigenvalue weighted by molar-refractivity contribution is 6.65. The molecule has 0 atom stereocenters. The van der Waals surface area contributed by atoms with Crippen molar-refractivity contribution in [2.75, 3.05) is 7.11 Å². The average molecular weight is 220 g/mol. The molecule has 1 aromatic rings. The Kier molecular flexibility index (Phi) is 3.53. The molecule has 0 heterocycles. The second-order valence-corrected chi connectivity index (χ2v) is 2.82.